The van der Waals surface area contributed by atoms with E-state index in [2.05, 4.69) is 20.3 Å². The van der Waals surface area contributed by atoms with Crippen LogP contribution in [0.25, 0.3) is 0 Å². The molecule has 1 fully saturated rings. The molecule has 1 aliphatic rings. The van der Waals surface area contributed by atoms with Gasteiger partial charge in [0.2, 0.25) is 11.9 Å². The van der Waals surface area contributed by atoms with Crippen LogP contribution in [0.5, 0.6) is 0 Å². The first-order valence-corrected chi connectivity index (χ1v) is 6.59. The summed E-state index contributed by atoms with van der Waals surface area (Å²) in [4.78, 5) is 26.5. The van der Waals surface area contributed by atoms with Gasteiger partial charge in [0.05, 0.1) is 11.9 Å². The summed E-state index contributed by atoms with van der Waals surface area (Å²) in [5, 5.41) is 3.10. The number of carbonyl (C=O) groups is 1. The Bertz CT molecular complexity index is 575. The van der Waals surface area contributed by atoms with E-state index >= 15 is 0 Å². The lowest BCUT2D eigenvalue weighted by Crippen LogP contribution is -2.48. The van der Waals surface area contributed by atoms with Crippen molar-refractivity contribution in [1.82, 2.24) is 15.0 Å². The highest BCUT2D eigenvalue weighted by molar-refractivity contribution is 5.99. The molecule has 1 amide bonds. The van der Waals surface area contributed by atoms with E-state index in [1.54, 1.807) is 35.8 Å². The fraction of sp³-hybridized carbons (Fsp3) is 0.286. The molecule has 1 saturated heterocycles. The largest absolute Gasteiger partial charge is 0.342 e. The lowest BCUT2D eigenvalue weighted by Gasteiger charge is -2.32. The van der Waals surface area contributed by atoms with Crippen LogP contribution in [-0.2, 0) is 4.79 Å². The standard InChI is InChI=1S/C14H15N5O/c20-13-12(18-14-16-7-3-8-17-14)5-2-9-19(13)11-4-1-6-15-10-11/h1,3-4,6-8,10,12H,2,5,9H2,(H,16,17,18)/t12-/m1/s1. The predicted octanol–water partition coefficient (Wildman–Crippen LogP) is 1.48. The van der Waals surface area contributed by atoms with Gasteiger partial charge in [-0.15, -0.1) is 0 Å². The van der Waals surface area contributed by atoms with Crippen molar-refractivity contribution < 1.29 is 4.79 Å². The third-order valence-electron chi connectivity index (χ3n) is 3.27. The maximum absolute atomic E-state index is 12.5. The second-order valence-corrected chi connectivity index (χ2v) is 4.61. The average Bonchev–Trinajstić information content (AvgIpc) is 2.51. The molecule has 2 aromatic rings. The Hall–Kier alpha value is -2.50. The van der Waals surface area contributed by atoms with Crippen LogP contribution in [-0.4, -0.2) is 33.4 Å². The number of nitrogens with one attached hydrogen (secondary N) is 1. The number of amides is 1. The van der Waals surface area contributed by atoms with Crippen LogP contribution in [0, 0.1) is 0 Å². The zero-order valence-electron chi connectivity index (χ0n) is 10.9. The average molecular weight is 269 g/mol. The fourth-order valence-electron chi connectivity index (χ4n) is 2.31. The maximum atomic E-state index is 12.5. The lowest BCUT2D eigenvalue weighted by molar-refractivity contribution is -0.120. The molecule has 0 saturated carbocycles. The summed E-state index contributed by atoms with van der Waals surface area (Å²) in [5.74, 6) is 0.524. The molecular formula is C14H15N5O. The first-order valence-electron chi connectivity index (χ1n) is 6.59. The van der Waals surface area contributed by atoms with E-state index in [-0.39, 0.29) is 11.9 Å². The third kappa shape index (κ3) is 2.59. The van der Waals surface area contributed by atoms with Crippen LogP contribution in [0.2, 0.25) is 0 Å². The normalized spacial score (nSPS) is 18.9. The predicted molar refractivity (Wildman–Crippen MR) is 75.3 cm³/mol. The topological polar surface area (TPSA) is 71.0 Å². The van der Waals surface area contributed by atoms with Crippen LogP contribution < -0.4 is 10.2 Å². The SMILES string of the molecule is O=C1[C@H](Nc2ncccn2)CCCN1c1cccnc1. The first-order chi connectivity index (χ1) is 9.84. The molecule has 0 radical (unpaired) electrons. The Labute approximate surface area is 116 Å². The van der Waals surface area contributed by atoms with E-state index in [9.17, 15) is 4.79 Å². The van der Waals surface area contributed by atoms with E-state index in [1.165, 1.54) is 0 Å². The highest BCUT2D eigenvalue weighted by Gasteiger charge is 2.30. The van der Waals surface area contributed by atoms with E-state index in [4.69, 9.17) is 0 Å². The first kappa shape index (κ1) is 12.5. The van der Waals surface area contributed by atoms with Gasteiger partial charge in [-0.3, -0.25) is 9.78 Å². The molecule has 1 N–H and O–H groups in total. The molecule has 1 aliphatic heterocycles. The van der Waals surface area contributed by atoms with Gasteiger partial charge in [-0.2, -0.15) is 0 Å². The van der Waals surface area contributed by atoms with Gasteiger partial charge in [-0.25, -0.2) is 9.97 Å². The van der Waals surface area contributed by atoms with Crippen LogP contribution >= 0.6 is 0 Å². The number of hydrogen-bond donors (Lipinski definition) is 1. The minimum Gasteiger partial charge on any atom is -0.342 e. The maximum Gasteiger partial charge on any atom is 0.249 e. The summed E-state index contributed by atoms with van der Waals surface area (Å²) >= 11 is 0. The second-order valence-electron chi connectivity index (χ2n) is 4.61. The van der Waals surface area contributed by atoms with Crippen molar-refractivity contribution in [2.45, 2.75) is 18.9 Å². The highest BCUT2D eigenvalue weighted by atomic mass is 16.2. The van der Waals surface area contributed by atoms with Gasteiger partial charge in [0.1, 0.15) is 6.04 Å². The van der Waals surface area contributed by atoms with Crippen LogP contribution in [0.4, 0.5) is 11.6 Å². The van der Waals surface area contributed by atoms with Crippen molar-refractivity contribution in [1.29, 1.82) is 0 Å². The van der Waals surface area contributed by atoms with Crippen molar-refractivity contribution in [2.24, 2.45) is 0 Å². The molecule has 102 valence electrons. The molecule has 2 aromatic heterocycles. The second kappa shape index (κ2) is 5.64. The molecule has 1 atom stereocenters. The lowest BCUT2D eigenvalue weighted by atomic mass is 10.0. The minimum absolute atomic E-state index is 0.0386. The Kier molecular flexibility index (Phi) is 3.54. The third-order valence-corrected chi connectivity index (χ3v) is 3.27. The van der Waals surface area contributed by atoms with E-state index in [0.29, 0.717) is 5.95 Å². The quantitative estimate of drug-likeness (QED) is 0.913. The van der Waals surface area contributed by atoms with Crippen LogP contribution in [0.1, 0.15) is 12.8 Å². The number of piperidine rings is 1. The van der Waals surface area contributed by atoms with Crippen LogP contribution in [0.15, 0.2) is 43.0 Å². The number of nitrogens with zero attached hydrogens (tertiary/aromatic N) is 4. The summed E-state index contributed by atoms with van der Waals surface area (Å²) in [5.41, 5.74) is 0.831. The van der Waals surface area contributed by atoms with Gasteiger partial charge in [0.25, 0.3) is 0 Å². The highest BCUT2D eigenvalue weighted by Crippen LogP contribution is 2.21. The summed E-state index contributed by atoms with van der Waals surface area (Å²) in [6.45, 7) is 0.721. The molecule has 0 spiro atoms. The van der Waals surface area contributed by atoms with Crippen molar-refractivity contribution in [2.75, 3.05) is 16.8 Å². The smallest absolute Gasteiger partial charge is 0.249 e. The summed E-state index contributed by atoms with van der Waals surface area (Å²) in [6.07, 6.45) is 8.44. The van der Waals surface area contributed by atoms with E-state index in [1.807, 2.05) is 12.1 Å². The minimum atomic E-state index is -0.286. The molecule has 3 heterocycles. The number of pyridine rings is 1. The molecular weight excluding hydrogens is 254 g/mol. The molecule has 0 aliphatic carbocycles. The van der Waals surface area contributed by atoms with Gasteiger partial charge in [-0.05, 0) is 31.0 Å². The van der Waals surface area contributed by atoms with Crippen molar-refractivity contribution in [3.8, 4) is 0 Å². The molecule has 0 aromatic carbocycles. The van der Waals surface area contributed by atoms with Gasteiger partial charge in [0, 0.05) is 25.1 Å². The Morgan fingerprint density at radius 3 is 2.80 bits per heavy atom. The molecule has 6 heteroatoms. The molecule has 6 nitrogen and oxygen atoms in total. The zero-order chi connectivity index (χ0) is 13.8. The number of hydrogen-bond acceptors (Lipinski definition) is 5. The number of aromatic nitrogens is 3. The monoisotopic (exact) mass is 269 g/mol. The zero-order valence-corrected chi connectivity index (χ0v) is 10.9. The number of carbonyl (C=O) groups excluding carboxylic acids is 1. The van der Waals surface area contributed by atoms with Gasteiger partial charge in [0.15, 0.2) is 0 Å². The number of rotatable bonds is 3. The Balaban J connectivity index is 1.76. The van der Waals surface area contributed by atoms with Crippen molar-refractivity contribution in [3.63, 3.8) is 0 Å². The summed E-state index contributed by atoms with van der Waals surface area (Å²) < 4.78 is 0. The summed E-state index contributed by atoms with van der Waals surface area (Å²) in [7, 11) is 0. The van der Waals surface area contributed by atoms with Gasteiger partial charge >= 0.3 is 0 Å². The molecule has 0 bridgehead atoms. The Morgan fingerprint density at radius 2 is 2.05 bits per heavy atom. The Morgan fingerprint density at radius 1 is 1.20 bits per heavy atom. The fourth-order valence-corrected chi connectivity index (χ4v) is 2.31. The van der Waals surface area contributed by atoms with Gasteiger partial charge < -0.3 is 10.2 Å². The van der Waals surface area contributed by atoms with Crippen molar-refractivity contribution in [3.05, 3.63) is 43.0 Å². The molecule has 20 heavy (non-hydrogen) atoms. The summed E-state index contributed by atoms with van der Waals surface area (Å²) in [6, 6.07) is 5.19. The molecule has 3 rings (SSSR count). The molecule has 0 unspecified atom stereocenters. The van der Waals surface area contributed by atoms with Crippen molar-refractivity contribution >= 4 is 17.5 Å². The number of anilines is 2. The van der Waals surface area contributed by atoms with E-state index in [0.717, 1.165) is 25.1 Å². The van der Waals surface area contributed by atoms with Crippen LogP contribution in [0.3, 0.4) is 0 Å². The van der Waals surface area contributed by atoms with E-state index < -0.39 is 0 Å². The van der Waals surface area contributed by atoms with Gasteiger partial charge in [-0.1, -0.05) is 0 Å².